The van der Waals surface area contributed by atoms with Crippen molar-refractivity contribution in [3.63, 3.8) is 0 Å². The summed E-state index contributed by atoms with van der Waals surface area (Å²) in [5, 5.41) is 9.10. The average molecular weight is 418 g/mol. The summed E-state index contributed by atoms with van der Waals surface area (Å²) < 4.78 is 5.39. The van der Waals surface area contributed by atoms with E-state index in [0.29, 0.717) is 27.8 Å². The highest BCUT2D eigenvalue weighted by Gasteiger charge is 2.18. The average Bonchev–Trinajstić information content (AvgIpc) is 3.32. The van der Waals surface area contributed by atoms with E-state index in [-0.39, 0.29) is 18.4 Å². The van der Waals surface area contributed by atoms with Crippen LogP contribution in [0, 0.1) is 13.8 Å². The van der Waals surface area contributed by atoms with Crippen molar-refractivity contribution >= 4 is 44.9 Å². The van der Waals surface area contributed by atoms with Crippen molar-refractivity contribution in [1.29, 1.82) is 0 Å². The molecular weight excluding hydrogens is 400 g/mol. The Kier molecular flexibility index (Phi) is 4.29. The summed E-state index contributed by atoms with van der Waals surface area (Å²) >= 11 is 1.35. The summed E-state index contributed by atoms with van der Waals surface area (Å²) in [5.74, 6) is 0.232. The van der Waals surface area contributed by atoms with E-state index in [1.807, 2.05) is 43.5 Å². The highest BCUT2D eigenvalue weighted by atomic mass is 32.1. The van der Waals surface area contributed by atoms with E-state index in [9.17, 15) is 9.59 Å². The SMILES string of the molecule is Cc1[nH]c2c(C(=O)Nc3nc(-c4ccc5c(c4)NC(=O)CO5)cs3)cccc2c1C. The standard InChI is InChI=1S/C22H18N4O3S/c1-11-12(2)23-20-14(11)4-3-5-15(20)21(28)26-22-25-17(10-30-22)13-6-7-18-16(8-13)24-19(27)9-29-18/h3-8,10,23H,9H2,1-2H3,(H,24,27)(H,25,26,28). The first-order valence-electron chi connectivity index (χ1n) is 9.41. The summed E-state index contributed by atoms with van der Waals surface area (Å²) in [6.45, 7) is 4.05. The van der Waals surface area contributed by atoms with Crippen LogP contribution in [-0.4, -0.2) is 28.4 Å². The predicted molar refractivity (Wildman–Crippen MR) is 117 cm³/mol. The Bertz CT molecular complexity index is 1320. The molecule has 5 rings (SSSR count). The molecule has 4 aromatic rings. The number of benzene rings is 2. The minimum absolute atomic E-state index is 0.0197. The molecule has 3 N–H and O–H groups in total. The molecule has 0 atom stereocenters. The largest absolute Gasteiger partial charge is 0.482 e. The molecule has 0 bridgehead atoms. The van der Waals surface area contributed by atoms with E-state index in [2.05, 4.69) is 20.6 Å². The predicted octanol–water partition coefficient (Wildman–Crippen LogP) is 4.49. The smallest absolute Gasteiger partial charge is 0.262 e. The quantitative estimate of drug-likeness (QED) is 0.457. The maximum absolute atomic E-state index is 12.9. The molecule has 0 aliphatic carbocycles. The van der Waals surface area contributed by atoms with Gasteiger partial charge >= 0.3 is 0 Å². The monoisotopic (exact) mass is 418 g/mol. The normalized spacial score (nSPS) is 12.9. The third-order valence-corrected chi connectivity index (χ3v) is 5.98. The van der Waals surface area contributed by atoms with Crippen molar-refractivity contribution < 1.29 is 14.3 Å². The van der Waals surface area contributed by atoms with E-state index in [1.54, 1.807) is 12.1 Å². The molecule has 0 saturated carbocycles. The van der Waals surface area contributed by atoms with Crippen molar-refractivity contribution in [2.24, 2.45) is 0 Å². The van der Waals surface area contributed by atoms with Crippen LogP contribution < -0.4 is 15.4 Å². The lowest BCUT2D eigenvalue weighted by atomic mass is 10.1. The number of carbonyl (C=O) groups excluding carboxylic acids is 2. The number of hydrogen-bond acceptors (Lipinski definition) is 5. The molecule has 2 amide bonds. The molecule has 30 heavy (non-hydrogen) atoms. The summed E-state index contributed by atoms with van der Waals surface area (Å²) in [7, 11) is 0. The Hall–Kier alpha value is -3.65. The maximum Gasteiger partial charge on any atom is 0.262 e. The van der Waals surface area contributed by atoms with E-state index < -0.39 is 0 Å². The van der Waals surface area contributed by atoms with Gasteiger partial charge in [0.1, 0.15) is 5.75 Å². The minimum Gasteiger partial charge on any atom is -0.482 e. The lowest BCUT2D eigenvalue weighted by molar-refractivity contribution is -0.118. The van der Waals surface area contributed by atoms with Crippen LogP contribution >= 0.6 is 11.3 Å². The highest BCUT2D eigenvalue weighted by Crippen LogP contribution is 2.34. The number of anilines is 2. The number of ether oxygens (including phenoxy) is 1. The molecule has 0 spiro atoms. The maximum atomic E-state index is 12.9. The van der Waals surface area contributed by atoms with Crippen LogP contribution in [0.5, 0.6) is 5.75 Å². The van der Waals surface area contributed by atoms with Crippen LogP contribution in [0.15, 0.2) is 41.8 Å². The Morgan fingerprint density at radius 2 is 2.10 bits per heavy atom. The van der Waals surface area contributed by atoms with Gasteiger partial charge in [-0.05, 0) is 43.7 Å². The van der Waals surface area contributed by atoms with E-state index in [0.717, 1.165) is 27.7 Å². The zero-order chi connectivity index (χ0) is 20.8. The van der Waals surface area contributed by atoms with Gasteiger partial charge in [-0.15, -0.1) is 11.3 Å². The number of thiazole rings is 1. The molecule has 2 aromatic carbocycles. The second-order valence-corrected chi connectivity index (χ2v) is 8.00. The summed E-state index contributed by atoms with van der Waals surface area (Å²) in [6.07, 6.45) is 0. The fourth-order valence-corrected chi connectivity index (χ4v) is 4.26. The second-order valence-electron chi connectivity index (χ2n) is 7.14. The molecule has 3 heterocycles. The third kappa shape index (κ3) is 3.11. The first-order chi connectivity index (χ1) is 14.5. The molecule has 0 radical (unpaired) electrons. The Morgan fingerprint density at radius 1 is 1.23 bits per heavy atom. The van der Waals surface area contributed by atoms with Crippen molar-refractivity contribution in [2.45, 2.75) is 13.8 Å². The van der Waals surface area contributed by atoms with Gasteiger partial charge < -0.3 is 15.0 Å². The Balaban J connectivity index is 1.40. The highest BCUT2D eigenvalue weighted by molar-refractivity contribution is 7.14. The van der Waals surface area contributed by atoms with Gasteiger partial charge in [0.05, 0.1) is 22.5 Å². The number of para-hydroxylation sites is 1. The number of aryl methyl sites for hydroxylation is 2. The molecule has 1 aliphatic rings. The lowest BCUT2D eigenvalue weighted by Crippen LogP contribution is -2.25. The number of aromatic nitrogens is 2. The first kappa shape index (κ1) is 18.4. The van der Waals surface area contributed by atoms with Gasteiger partial charge in [0.2, 0.25) is 0 Å². The fraction of sp³-hybridized carbons (Fsp3) is 0.136. The summed E-state index contributed by atoms with van der Waals surface area (Å²) in [6, 6.07) is 11.2. The summed E-state index contributed by atoms with van der Waals surface area (Å²) in [4.78, 5) is 32.3. The molecule has 150 valence electrons. The molecule has 1 aliphatic heterocycles. The van der Waals surface area contributed by atoms with Gasteiger partial charge in [0.25, 0.3) is 11.8 Å². The van der Waals surface area contributed by atoms with Crippen LogP contribution in [0.1, 0.15) is 21.6 Å². The van der Waals surface area contributed by atoms with Crippen LogP contribution in [-0.2, 0) is 4.79 Å². The van der Waals surface area contributed by atoms with Crippen molar-refractivity contribution in [3.8, 4) is 17.0 Å². The van der Waals surface area contributed by atoms with Crippen molar-refractivity contribution in [3.05, 3.63) is 58.6 Å². The lowest BCUT2D eigenvalue weighted by Gasteiger charge is -2.18. The number of rotatable bonds is 3. The molecule has 0 fully saturated rings. The van der Waals surface area contributed by atoms with Crippen molar-refractivity contribution in [1.82, 2.24) is 9.97 Å². The fourth-order valence-electron chi connectivity index (χ4n) is 3.54. The third-order valence-electron chi connectivity index (χ3n) is 5.22. The van der Waals surface area contributed by atoms with Crippen molar-refractivity contribution in [2.75, 3.05) is 17.2 Å². The number of carbonyl (C=O) groups is 2. The molecule has 2 aromatic heterocycles. The van der Waals surface area contributed by atoms with Crippen LogP contribution in [0.2, 0.25) is 0 Å². The van der Waals surface area contributed by atoms with Gasteiger partial charge in [0.15, 0.2) is 11.7 Å². The van der Waals surface area contributed by atoms with Gasteiger partial charge in [-0.25, -0.2) is 4.98 Å². The molecule has 8 heteroatoms. The molecular formula is C22H18N4O3S. The Morgan fingerprint density at radius 3 is 2.97 bits per heavy atom. The van der Waals surface area contributed by atoms with Gasteiger partial charge in [-0.2, -0.15) is 0 Å². The van der Waals surface area contributed by atoms with E-state index in [1.165, 1.54) is 11.3 Å². The Labute approximate surface area is 176 Å². The minimum atomic E-state index is -0.214. The van der Waals surface area contributed by atoms with Gasteiger partial charge in [-0.1, -0.05) is 12.1 Å². The van der Waals surface area contributed by atoms with E-state index >= 15 is 0 Å². The first-order valence-corrected chi connectivity index (χ1v) is 10.3. The van der Waals surface area contributed by atoms with E-state index in [4.69, 9.17) is 4.74 Å². The van der Waals surface area contributed by atoms with Crippen LogP contribution in [0.4, 0.5) is 10.8 Å². The topological polar surface area (TPSA) is 96.1 Å². The molecule has 7 nitrogen and oxygen atoms in total. The number of amides is 2. The molecule has 0 saturated heterocycles. The number of H-pyrrole nitrogens is 1. The number of aromatic amines is 1. The zero-order valence-electron chi connectivity index (χ0n) is 16.3. The number of hydrogen-bond donors (Lipinski definition) is 3. The van der Waals surface area contributed by atoms with Gasteiger partial charge in [-0.3, -0.25) is 14.9 Å². The van der Waals surface area contributed by atoms with Crippen LogP contribution in [0.3, 0.4) is 0 Å². The number of nitrogens with one attached hydrogen (secondary N) is 3. The van der Waals surface area contributed by atoms with Crippen LogP contribution in [0.25, 0.3) is 22.2 Å². The zero-order valence-corrected chi connectivity index (χ0v) is 17.1. The number of nitrogens with zero attached hydrogens (tertiary/aromatic N) is 1. The number of fused-ring (bicyclic) bond motifs is 2. The summed E-state index contributed by atoms with van der Waals surface area (Å²) in [5.41, 5.74) is 5.74. The molecule has 0 unspecified atom stereocenters. The van der Waals surface area contributed by atoms with Gasteiger partial charge in [0, 0.05) is 22.0 Å². The second kappa shape index (κ2) is 7.00.